The van der Waals surface area contributed by atoms with Crippen LogP contribution >= 0.6 is 0 Å². The van der Waals surface area contributed by atoms with Crippen LogP contribution in [-0.4, -0.2) is 65.3 Å². The highest BCUT2D eigenvalue weighted by atomic mass is 32.2. The summed E-state index contributed by atoms with van der Waals surface area (Å²) in [7, 11) is -3.26. The van der Waals surface area contributed by atoms with E-state index in [1.54, 1.807) is 4.90 Å². The van der Waals surface area contributed by atoms with Crippen molar-refractivity contribution in [1.29, 1.82) is 0 Å². The average molecular weight is 568 g/mol. The number of rotatable bonds is 9. The summed E-state index contributed by atoms with van der Waals surface area (Å²) in [5, 5.41) is 18.4. The van der Waals surface area contributed by atoms with Gasteiger partial charge in [-0.1, -0.05) is 26.0 Å². The maximum Gasteiger partial charge on any atom is 0.273 e. The van der Waals surface area contributed by atoms with Gasteiger partial charge in [-0.05, 0) is 74.4 Å². The fraction of sp³-hybridized carbons (Fsp3) is 0.467. The van der Waals surface area contributed by atoms with E-state index >= 15 is 0 Å². The third kappa shape index (κ3) is 5.16. The summed E-state index contributed by atoms with van der Waals surface area (Å²) >= 11 is 0. The Morgan fingerprint density at radius 1 is 1.15 bits per heavy atom. The number of amides is 1. The predicted octanol–water partition coefficient (Wildman–Crippen LogP) is 4.96. The summed E-state index contributed by atoms with van der Waals surface area (Å²) < 4.78 is 37.0. The molecule has 3 aromatic rings. The molecular weight excluding hydrogens is 530 g/mol. The molecule has 40 heavy (non-hydrogen) atoms. The van der Waals surface area contributed by atoms with E-state index in [9.17, 15) is 18.3 Å². The van der Waals surface area contributed by atoms with E-state index < -0.39 is 21.9 Å². The largest absolute Gasteiger partial charge is 0.507 e. The lowest BCUT2D eigenvalue weighted by molar-refractivity contribution is 0.0677. The van der Waals surface area contributed by atoms with E-state index in [1.807, 2.05) is 51.1 Å². The molecule has 2 aliphatic heterocycles. The van der Waals surface area contributed by atoms with Crippen LogP contribution in [0, 0.1) is 19.8 Å². The Morgan fingerprint density at radius 3 is 2.60 bits per heavy atom. The van der Waals surface area contributed by atoms with Crippen LogP contribution in [0.3, 0.4) is 0 Å². The number of phenols is 1. The Balaban J connectivity index is 1.65. The summed E-state index contributed by atoms with van der Waals surface area (Å²) in [6.07, 6.45) is 1.26. The molecule has 9 nitrogen and oxygen atoms in total. The molecule has 0 bridgehead atoms. The number of ether oxygens (including phenoxy) is 2. The minimum absolute atomic E-state index is 0.0396. The van der Waals surface area contributed by atoms with Gasteiger partial charge in [0.15, 0.2) is 21.3 Å². The molecule has 2 unspecified atom stereocenters. The maximum absolute atomic E-state index is 13.9. The Hall–Kier alpha value is -3.53. The van der Waals surface area contributed by atoms with E-state index in [2.05, 4.69) is 24.0 Å². The zero-order valence-electron chi connectivity index (χ0n) is 23.7. The summed E-state index contributed by atoms with van der Waals surface area (Å²) in [5.74, 6) is 1.41. The second-order valence-electron chi connectivity index (χ2n) is 11.2. The molecule has 1 aromatic heterocycles. The monoisotopic (exact) mass is 567 g/mol. The number of nitrogens with one attached hydrogen (secondary N) is 1. The topological polar surface area (TPSA) is 122 Å². The van der Waals surface area contributed by atoms with Crippen LogP contribution in [0.25, 0.3) is 11.3 Å². The highest BCUT2D eigenvalue weighted by Crippen LogP contribution is 2.48. The zero-order chi connectivity index (χ0) is 28.8. The number of H-pyrrole nitrogens is 1. The number of nitrogens with zero attached hydrogens (tertiary/aromatic N) is 2. The van der Waals surface area contributed by atoms with Gasteiger partial charge in [-0.15, -0.1) is 0 Å². The maximum atomic E-state index is 13.9. The number of benzene rings is 2. The van der Waals surface area contributed by atoms with Gasteiger partial charge in [0.05, 0.1) is 30.8 Å². The van der Waals surface area contributed by atoms with Crippen LogP contribution in [0.4, 0.5) is 0 Å². The van der Waals surface area contributed by atoms with Crippen molar-refractivity contribution in [3.8, 4) is 28.5 Å². The number of fused-ring (bicyclic) bond motifs is 1. The quantitative estimate of drug-likeness (QED) is 0.375. The molecule has 0 spiro atoms. The Bertz CT molecular complexity index is 1540. The molecule has 0 radical (unpaired) electrons. The molecule has 5 rings (SSSR count). The first kappa shape index (κ1) is 28.0. The Labute approximate surface area is 235 Å². The van der Waals surface area contributed by atoms with Crippen LogP contribution in [0.2, 0.25) is 0 Å². The molecule has 2 aliphatic rings. The van der Waals surface area contributed by atoms with E-state index in [0.29, 0.717) is 65.1 Å². The van der Waals surface area contributed by atoms with Gasteiger partial charge in [-0.2, -0.15) is 5.10 Å². The van der Waals surface area contributed by atoms with Crippen molar-refractivity contribution in [3.63, 3.8) is 0 Å². The molecule has 2 atom stereocenters. The van der Waals surface area contributed by atoms with Gasteiger partial charge >= 0.3 is 0 Å². The van der Waals surface area contributed by atoms with Gasteiger partial charge in [0.1, 0.15) is 17.1 Å². The summed E-state index contributed by atoms with van der Waals surface area (Å²) in [5.41, 5.74) is 4.31. The van der Waals surface area contributed by atoms with Gasteiger partial charge < -0.3 is 19.5 Å². The minimum Gasteiger partial charge on any atom is -0.507 e. The average Bonchev–Trinajstić information content (AvgIpc) is 3.55. The van der Waals surface area contributed by atoms with Crippen molar-refractivity contribution in [2.45, 2.75) is 59.5 Å². The fourth-order valence-corrected chi connectivity index (χ4v) is 7.41. The highest BCUT2D eigenvalue weighted by molar-refractivity contribution is 7.91. The molecule has 0 aliphatic carbocycles. The first-order valence-corrected chi connectivity index (χ1v) is 15.6. The van der Waals surface area contributed by atoms with Crippen molar-refractivity contribution in [3.05, 3.63) is 58.3 Å². The molecular formula is C30H37N3O6S. The predicted molar refractivity (Wildman–Crippen MR) is 153 cm³/mol. The number of carbonyl (C=O) groups excluding carboxylic acids is 1. The lowest BCUT2D eigenvalue weighted by atomic mass is 9.93. The number of aromatic nitrogens is 2. The Morgan fingerprint density at radius 2 is 1.93 bits per heavy atom. The van der Waals surface area contributed by atoms with E-state index in [-0.39, 0.29) is 23.2 Å². The molecule has 3 heterocycles. The van der Waals surface area contributed by atoms with Crippen LogP contribution in [-0.2, 0) is 9.84 Å². The van der Waals surface area contributed by atoms with Crippen molar-refractivity contribution in [2.24, 2.45) is 5.92 Å². The first-order chi connectivity index (χ1) is 19.0. The third-order valence-corrected chi connectivity index (χ3v) is 9.39. The Kier molecular flexibility index (Phi) is 7.56. The molecule has 1 fully saturated rings. The molecule has 1 amide bonds. The second-order valence-corrected chi connectivity index (χ2v) is 13.4. The fourth-order valence-electron chi connectivity index (χ4n) is 5.70. The molecule has 2 aromatic carbocycles. The molecule has 214 valence electrons. The number of hydrogen-bond donors (Lipinski definition) is 2. The lowest BCUT2D eigenvalue weighted by Crippen LogP contribution is -2.40. The highest BCUT2D eigenvalue weighted by Gasteiger charge is 2.48. The lowest BCUT2D eigenvalue weighted by Gasteiger charge is -2.31. The van der Waals surface area contributed by atoms with E-state index in [1.165, 1.54) is 0 Å². The van der Waals surface area contributed by atoms with Crippen LogP contribution in [0.5, 0.6) is 17.2 Å². The third-order valence-electron chi connectivity index (χ3n) is 7.64. The smallest absolute Gasteiger partial charge is 0.273 e. The van der Waals surface area contributed by atoms with Crippen LogP contribution < -0.4 is 9.47 Å². The molecule has 1 saturated heterocycles. The SMILES string of the molecule is CCOc1cc(C2c3c(-c4cc(C)cc(C)c4O)n[nH]c3C(=O)N2C2CCS(=O)(=O)C2)ccc1OCCC(C)C. The minimum atomic E-state index is -3.26. The van der Waals surface area contributed by atoms with Gasteiger partial charge in [0, 0.05) is 17.2 Å². The molecule has 0 saturated carbocycles. The van der Waals surface area contributed by atoms with Gasteiger partial charge in [0.25, 0.3) is 5.91 Å². The molecule has 2 N–H and O–H groups in total. The number of phenolic OH excluding ortho intramolecular Hbond substituents is 1. The standard InChI is InChI=1S/C30H37N3O6S/c1-6-38-24-15-20(7-8-23(24)39-11-9-17(2)3)28-25-26(22-14-18(4)13-19(5)29(22)34)31-32-27(25)30(35)33(28)21-10-12-40(36,37)16-21/h7-8,13-15,17,21,28,34H,6,9-12,16H2,1-5H3,(H,31,32). The van der Waals surface area contributed by atoms with Gasteiger partial charge in [-0.3, -0.25) is 9.89 Å². The number of hydrogen-bond acceptors (Lipinski definition) is 7. The van der Waals surface area contributed by atoms with Crippen LogP contribution in [0.15, 0.2) is 30.3 Å². The van der Waals surface area contributed by atoms with Crippen molar-refractivity contribution < 1.29 is 27.8 Å². The van der Waals surface area contributed by atoms with E-state index in [4.69, 9.17) is 9.47 Å². The summed E-state index contributed by atoms with van der Waals surface area (Å²) in [6.45, 7) is 10.9. The van der Waals surface area contributed by atoms with Crippen LogP contribution in [0.1, 0.15) is 72.4 Å². The number of sulfone groups is 1. The number of aromatic amines is 1. The summed E-state index contributed by atoms with van der Waals surface area (Å²) in [4.78, 5) is 15.5. The zero-order valence-corrected chi connectivity index (χ0v) is 24.5. The van der Waals surface area contributed by atoms with Crippen molar-refractivity contribution in [1.82, 2.24) is 15.1 Å². The number of aryl methyl sites for hydroxylation is 2. The summed E-state index contributed by atoms with van der Waals surface area (Å²) in [6, 6.07) is 8.24. The van der Waals surface area contributed by atoms with E-state index in [0.717, 1.165) is 17.5 Å². The number of carbonyl (C=O) groups is 1. The van der Waals surface area contributed by atoms with Gasteiger partial charge in [0.2, 0.25) is 0 Å². The molecule has 10 heteroatoms. The first-order valence-electron chi connectivity index (χ1n) is 13.8. The van der Waals surface area contributed by atoms with Crippen molar-refractivity contribution in [2.75, 3.05) is 24.7 Å². The van der Waals surface area contributed by atoms with Crippen molar-refractivity contribution >= 4 is 15.7 Å². The van der Waals surface area contributed by atoms with Gasteiger partial charge in [-0.25, -0.2) is 8.42 Å². The normalized spacial score (nSPS) is 19.9. The second kappa shape index (κ2) is 10.8. The number of aromatic hydroxyl groups is 1.